The molecule has 0 aromatic rings. The fourth-order valence-corrected chi connectivity index (χ4v) is 6.53. The monoisotopic (exact) mass is 313 g/mol. The van der Waals surface area contributed by atoms with E-state index in [0.717, 1.165) is 50.2 Å². The standard InChI is InChI=1S/C20H27NO2/c1-3-20(22)11-9-18-17-6-4-13-12-14(21-23)5-7-15(13)16(17)8-10-19(18,20)2/h1,12,15-18,22-23H,4-11H2,2H3/t15-,16-,17+,18+,19-,20+/m0/s1. The minimum Gasteiger partial charge on any atom is -0.411 e. The summed E-state index contributed by atoms with van der Waals surface area (Å²) >= 11 is 0. The summed E-state index contributed by atoms with van der Waals surface area (Å²) < 4.78 is 0. The van der Waals surface area contributed by atoms with Crippen LogP contribution in [0.25, 0.3) is 0 Å². The summed E-state index contributed by atoms with van der Waals surface area (Å²) in [5, 5.41) is 23.4. The summed E-state index contributed by atoms with van der Waals surface area (Å²) in [4.78, 5) is 0. The van der Waals surface area contributed by atoms with E-state index in [1.54, 1.807) is 0 Å². The zero-order valence-corrected chi connectivity index (χ0v) is 14.0. The summed E-state index contributed by atoms with van der Waals surface area (Å²) in [6.07, 6.45) is 16.3. The van der Waals surface area contributed by atoms with Gasteiger partial charge in [-0.3, -0.25) is 0 Å². The summed E-state index contributed by atoms with van der Waals surface area (Å²) in [6, 6.07) is 0. The van der Waals surface area contributed by atoms with E-state index >= 15 is 0 Å². The van der Waals surface area contributed by atoms with Crippen molar-refractivity contribution in [2.45, 2.75) is 63.9 Å². The number of terminal acetylenes is 1. The van der Waals surface area contributed by atoms with E-state index in [4.69, 9.17) is 11.6 Å². The van der Waals surface area contributed by atoms with Gasteiger partial charge in [0.2, 0.25) is 0 Å². The highest BCUT2D eigenvalue weighted by Gasteiger charge is 2.61. The van der Waals surface area contributed by atoms with Crippen molar-refractivity contribution in [3.05, 3.63) is 11.6 Å². The smallest absolute Gasteiger partial charge is 0.130 e. The van der Waals surface area contributed by atoms with Gasteiger partial charge in [-0.25, -0.2) is 0 Å². The number of nitrogens with zero attached hydrogens (tertiary/aromatic N) is 1. The van der Waals surface area contributed by atoms with Gasteiger partial charge >= 0.3 is 0 Å². The van der Waals surface area contributed by atoms with Gasteiger partial charge in [-0.2, -0.15) is 0 Å². The van der Waals surface area contributed by atoms with Crippen molar-refractivity contribution in [3.8, 4) is 12.3 Å². The van der Waals surface area contributed by atoms with Crippen molar-refractivity contribution in [2.24, 2.45) is 34.2 Å². The van der Waals surface area contributed by atoms with Crippen LogP contribution in [0.15, 0.2) is 16.8 Å². The molecule has 4 aliphatic rings. The topological polar surface area (TPSA) is 52.8 Å². The molecule has 3 fully saturated rings. The minimum absolute atomic E-state index is 0.101. The van der Waals surface area contributed by atoms with E-state index in [1.165, 1.54) is 18.4 Å². The minimum atomic E-state index is -0.901. The van der Waals surface area contributed by atoms with Gasteiger partial charge < -0.3 is 10.3 Å². The largest absolute Gasteiger partial charge is 0.411 e. The average molecular weight is 313 g/mol. The predicted molar refractivity (Wildman–Crippen MR) is 90.1 cm³/mol. The van der Waals surface area contributed by atoms with Gasteiger partial charge in [0.05, 0.1) is 5.71 Å². The molecule has 3 saturated carbocycles. The van der Waals surface area contributed by atoms with Gasteiger partial charge in [0.1, 0.15) is 5.60 Å². The predicted octanol–water partition coefficient (Wildman–Crippen LogP) is 3.75. The Labute approximate surface area is 138 Å². The van der Waals surface area contributed by atoms with Crippen LogP contribution in [0.1, 0.15) is 58.3 Å². The van der Waals surface area contributed by atoms with E-state index in [0.29, 0.717) is 17.8 Å². The molecular weight excluding hydrogens is 286 g/mol. The molecule has 0 aliphatic heterocycles. The second-order valence-corrected chi connectivity index (χ2v) is 8.43. The summed E-state index contributed by atoms with van der Waals surface area (Å²) in [6.45, 7) is 2.24. The number of hydrogen-bond donors (Lipinski definition) is 2. The molecule has 0 saturated heterocycles. The molecule has 6 atom stereocenters. The summed E-state index contributed by atoms with van der Waals surface area (Å²) in [7, 11) is 0. The highest BCUT2D eigenvalue weighted by molar-refractivity contribution is 5.96. The first-order valence-corrected chi connectivity index (χ1v) is 9.14. The van der Waals surface area contributed by atoms with Crippen LogP contribution in [0.2, 0.25) is 0 Å². The van der Waals surface area contributed by atoms with Crippen LogP contribution in [-0.4, -0.2) is 21.6 Å². The third-order valence-corrected chi connectivity index (χ3v) is 7.83. The Morgan fingerprint density at radius 1 is 1.17 bits per heavy atom. The Balaban J connectivity index is 1.63. The molecule has 3 nitrogen and oxygen atoms in total. The quantitative estimate of drug-likeness (QED) is 0.406. The lowest BCUT2D eigenvalue weighted by molar-refractivity contribution is -0.0852. The number of fused-ring (bicyclic) bond motifs is 5. The molecule has 3 heteroatoms. The van der Waals surface area contributed by atoms with Gasteiger partial charge in [-0.05, 0) is 81.1 Å². The van der Waals surface area contributed by atoms with Crippen molar-refractivity contribution in [3.63, 3.8) is 0 Å². The average Bonchev–Trinajstić information content (AvgIpc) is 2.86. The summed E-state index contributed by atoms with van der Waals surface area (Å²) in [5.74, 6) is 5.40. The molecule has 0 aromatic heterocycles. The van der Waals surface area contributed by atoms with E-state index in [2.05, 4.69) is 24.1 Å². The Hall–Kier alpha value is -1.27. The summed E-state index contributed by atoms with van der Waals surface area (Å²) in [5.41, 5.74) is 1.34. The van der Waals surface area contributed by atoms with E-state index in [-0.39, 0.29) is 5.41 Å². The highest BCUT2D eigenvalue weighted by atomic mass is 16.4. The van der Waals surface area contributed by atoms with Crippen LogP contribution in [-0.2, 0) is 0 Å². The van der Waals surface area contributed by atoms with E-state index in [1.807, 2.05) is 0 Å². The van der Waals surface area contributed by atoms with Crippen LogP contribution in [0.4, 0.5) is 0 Å². The lowest BCUT2D eigenvalue weighted by Crippen LogP contribution is -2.52. The van der Waals surface area contributed by atoms with Crippen molar-refractivity contribution in [2.75, 3.05) is 0 Å². The second kappa shape index (κ2) is 5.11. The molecule has 4 rings (SSSR count). The maximum Gasteiger partial charge on any atom is 0.130 e. The molecule has 0 heterocycles. The molecular formula is C20H27NO2. The Morgan fingerprint density at radius 3 is 2.74 bits per heavy atom. The SMILES string of the molecule is C#C[C@@]1(O)CC[C@@H]2[C@@H]3CCC4=CC(=NO)CC[C@@H]4[C@@H]3CC[C@@]21C. The van der Waals surface area contributed by atoms with Gasteiger partial charge in [-0.15, -0.1) is 6.42 Å². The molecule has 0 aromatic carbocycles. The molecule has 0 spiro atoms. The number of aliphatic hydroxyl groups is 1. The molecule has 124 valence electrons. The highest BCUT2D eigenvalue weighted by Crippen LogP contribution is 2.64. The first-order chi connectivity index (χ1) is 11.0. The molecule has 4 aliphatic carbocycles. The van der Waals surface area contributed by atoms with Crippen molar-refractivity contribution < 1.29 is 10.3 Å². The van der Waals surface area contributed by atoms with Crippen molar-refractivity contribution in [1.82, 2.24) is 0 Å². The van der Waals surface area contributed by atoms with Crippen LogP contribution < -0.4 is 0 Å². The van der Waals surface area contributed by atoms with Crippen molar-refractivity contribution in [1.29, 1.82) is 0 Å². The van der Waals surface area contributed by atoms with Gasteiger partial charge in [0, 0.05) is 5.41 Å². The van der Waals surface area contributed by atoms with Gasteiger partial charge in [-0.1, -0.05) is 23.6 Å². The molecule has 0 unspecified atom stereocenters. The fraction of sp³-hybridized carbons (Fsp3) is 0.750. The molecule has 2 N–H and O–H groups in total. The maximum absolute atomic E-state index is 11.0. The Morgan fingerprint density at radius 2 is 2.00 bits per heavy atom. The second-order valence-electron chi connectivity index (χ2n) is 8.43. The van der Waals surface area contributed by atoms with E-state index < -0.39 is 5.60 Å². The molecule has 0 amide bonds. The van der Waals surface area contributed by atoms with Crippen LogP contribution >= 0.6 is 0 Å². The third-order valence-electron chi connectivity index (χ3n) is 7.83. The lowest BCUT2D eigenvalue weighted by Gasteiger charge is -2.54. The van der Waals surface area contributed by atoms with Gasteiger partial charge in [0.25, 0.3) is 0 Å². The van der Waals surface area contributed by atoms with Crippen LogP contribution in [0, 0.1) is 41.4 Å². The number of hydrogen-bond acceptors (Lipinski definition) is 3. The molecule has 0 bridgehead atoms. The molecule has 0 radical (unpaired) electrons. The zero-order valence-electron chi connectivity index (χ0n) is 14.0. The first kappa shape index (κ1) is 15.3. The molecule has 23 heavy (non-hydrogen) atoms. The number of rotatable bonds is 0. The van der Waals surface area contributed by atoms with E-state index in [9.17, 15) is 5.11 Å². The van der Waals surface area contributed by atoms with Crippen LogP contribution in [0.3, 0.4) is 0 Å². The number of allylic oxidation sites excluding steroid dienone is 2. The fourth-order valence-electron chi connectivity index (χ4n) is 6.53. The third kappa shape index (κ3) is 1.97. The van der Waals surface area contributed by atoms with Crippen LogP contribution in [0.5, 0.6) is 0 Å². The van der Waals surface area contributed by atoms with Gasteiger partial charge in [0.15, 0.2) is 0 Å². The normalized spacial score (nSPS) is 50.5. The number of oxime groups is 1. The van der Waals surface area contributed by atoms with Crippen molar-refractivity contribution >= 4 is 5.71 Å². The maximum atomic E-state index is 11.0. The lowest BCUT2D eigenvalue weighted by atomic mass is 9.50. The Bertz CT molecular complexity index is 616. The first-order valence-electron chi connectivity index (χ1n) is 9.14. The Kier molecular flexibility index (Phi) is 3.39. The zero-order chi connectivity index (χ0) is 16.2.